The van der Waals surface area contributed by atoms with E-state index in [-0.39, 0.29) is 5.91 Å². The van der Waals surface area contributed by atoms with Crippen molar-refractivity contribution in [3.05, 3.63) is 36.1 Å². The minimum Gasteiger partial charge on any atom is -0.460 e. The monoisotopic (exact) mass is 314 g/mol. The zero-order valence-corrected chi connectivity index (χ0v) is 13.9. The van der Waals surface area contributed by atoms with E-state index >= 15 is 0 Å². The third-order valence-electron chi connectivity index (χ3n) is 4.63. The highest BCUT2D eigenvalue weighted by atomic mass is 16.3. The molecular formula is C19H26N2O2. The lowest BCUT2D eigenvalue weighted by molar-refractivity contribution is -0.122. The molecule has 0 atom stereocenters. The lowest BCUT2D eigenvalue weighted by Gasteiger charge is -2.22. The molecule has 0 radical (unpaired) electrons. The molecule has 1 saturated carbocycles. The fourth-order valence-corrected chi connectivity index (χ4v) is 3.39. The molecule has 0 saturated heterocycles. The van der Waals surface area contributed by atoms with E-state index in [1.165, 1.54) is 32.1 Å². The molecule has 1 N–H and O–H groups in total. The third-order valence-corrected chi connectivity index (χ3v) is 4.63. The molecule has 4 heteroatoms. The van der Waals surface area contributed by atoms with Crippen molar-refractivity contribution in [2.24, 2.45) is 5.92 Å². The van der Waals surface area contributed by atoms with Gasteiger partial charge in [-0.2, -0.15) is 0 Å². The molecule has 1 amide bonds. The van der Waals surface area contributed by atoms with Crippen molar-refractivity contribution in [2.45, 2.75) is 38.6 Å². The molecule has 0 bridgehead atoms. The predicted octanol–water partition coefficient (Wildman–Crippen LogP) is 3.56. The van der Waals surface area contributed by atoms with Crippen LogP contribution in [0.3, 0.4) is 0 Å². The maximum absolute atomic E-state index is 12.1. The predicted molar refractivity (Wildman–Crippen MR) is 92.1 cm³/mol. The molecule has 4 nitrogen and oxygen atoms in total. The molecule has 0 spiro atoms. The lowest BCUT2D eigenvalue weighted by atomic mass is 9.89. The Kier molecular flexibility index (Phi) is 5.34. The van der Waals surface area contributed by atoms with Crippen LogP contribution in [-0.4, -0.2) is 30.9 Å². The van der Waals surface area contributed by atoms with Crippen molar-refractivity contribution >= 4 is 16.9 Å². The maximum atomic E-state index is 12.1. The van der Waals surface area contributed by atoms with Gasteiger partial charge < -0.3 is 9.73 Å². The number of rotatable bonds is 6. The van der Waals surface area contributed by atoms with Gasteiger partial charge in [0.2, 0.25) is 5.91 Å². The fraction of sp³-hybridized carbons (Fsp3) is 0.526. The quantitative estimate of drug-likeness (QED) is 0.886. The van der Waals surface area contributed by atoms with Crippen LogP contribution in [-0.2, 0) is 11.3 Å². The van der Waals surface area contributed by atoms with Crippen molar-refractivity contribution < 1.29 is 9.21 Å². The van der Waals surface area contributed by atoms with Crippen molar-refractivity contribution in [3.8, 4) is 0 Å². The average Bonchev–Trinajstić information content (AvgIpc) is 2.96. The first-order chi connectivity index (χ1) is 11.2. The highest BCUT2D eigenvalue weighted by molar-refractivity contribution is 5.78. The molecule has 1 fully saturated rings. The fourth-order valence-electron chi connectivity index (χ4n) is 3.39. The van der Waals surface area contributed by atoms with Gasteiger partial charge in [0.25, 0.3) is 0 Å². The highest BCUT2D eigenvalue weighted by Crippen LogP contribution is 2.22. The van der Waals surface area contributed by atoms with Crippen LogP contribution in [0.4, 0.5) is 0 Å². The average molecular weight is 314 g/mol. The molecular weight excluding hydrogens is 288 g/mol. The number of amides is 1. The van der Waals surface area contributed by atoms with E-state index in [1.54, 1.807) is 0 Å². The second-order valence-corrected chi connectivity index (χ2v) is 6.73. The van der Waals surface area contributed by atoms with Crippen LogP contribution in [0.25, 0.3) is 11.0 Å². The summed E-state index contributed by atoms with van der Waals surface area (Å²) >= 11 is 0. The Bertz CT molecular complexity index is 611. The number of furan rings is 1. The van der Waals surface area contributed by atoms with Crippen molar-refractivity contribution in [3.63, 3.8) is 0 Å². The largest absolute Gasteiger partial charge is 0.460 e. The van der Waals surface area contributed by atoms with E-state index in [1.807, 2.05) is 42.3 Å². The van der Waals surface area contributed by atoms with Crippen LogP contribution in [0.5, 0.6) is 0 Å². The Morgan fingerprint density at radius 2 is 2.04 bits per heavy atom. The van der Waals surface area contributed by atoms with Gasteiger partial charge in [-0.25, -0.2) is 0 Å². The number of carbonyl (C=O) groups excluding carboxylic acids is 1. The van der Waals surface area contributed by atoms with Crippen LogP contribution in [0.1, 0.15) is 37.9 Å². The molecule has 2 aromatic rings. The Morgan fingerprint density at radius 1 is 1.26 bits per heavy atom. The van der Waals surface area contributed by atoms with E-state index in [4.69, 9.17) is 4.42 Å². The molecule has 0 unspecified atom stereocenters. The Labute approximate surface area is 137 Å². The summed E-state index contributed by atoms with van der Waals surface area (Å²) in [5.41, 5.74) is 0.901. The summed E-state index contributed by atoms with van der Waals surface area (Å²) in [6, 6.07) is 10.0. The van der Waals surface area contributed by atoms with E-state index < -0.39 is 0 Å². The summed E-state index contributed by atoms with van der Waals surface area (Å²) in [5.74, 6) is 1.68. The molecule has 1 aromatic heterocycles. The second kappa shape index (κ2) is 7.64. The van der Waals surface area contributed by atoms with Crippen LogP contribution >= 0.6 is 0 Å². The molecule has 1 aliphatic rings. The van der Waals surface area contributed by atoms with Gasteiger partial charge in [0.05, 0.1) is 13.1 Å². The molecule has 124 valence electrons. The van der Waals surface area contributed by atoms with E-state index in [0.29, 0.717) is 19.0 Å². The van der Waals surface area contributed by atoms with Crippen LogP contribution in [0.2, 0.25) is 0 Å². The number of nitrogens with one attached hydrogen (secondary N) is 1. The van der Waals surface area contributed by atoms with Crippen molar-refractivity contribution in [2.75, 3.05) is 20.1 Å². The summed E-state index contributed by atoms with van der Waals surface area (Å²) in [6.45, 7) is 1.88. The number of carbonyl (C=O) groups is 1. The molecule has 3 rings (SSSR count). The summed E-state index contributed by atoms with van der Waals surface area (Å²) in [4.78, 5) is 14.1. The number of likely N-dealkylation sites (N-methyl/N-ethyl adjacent to an activating group) is 1. The van der Waals surface area contributed by atoms with Gasteiger partial charge >= 0.3 is 0 Å². The third kappa shape index (κ3) is 4.58. The topological polar surface area (TPSA) is 45.5 Å². The highest BCUT2D eigenvalue weighted by Gasteiger charge is 2.15. The first kappa shape index (κ1) is 16.1. The minimum absolute atomic E-state index is 0.106. The second-order valence-electron chi connectivity index (χ2n) is 6.73. The maximum Gasteiger partial charge on any atom is 0.234 e. The number of benzene rings is 1. The smallest absolute Gasteiger partial charge is 0.234 e. The van der Waals surface area contributed by atoms with Gasteiger partial charge in [0, 0.05) is 11.9 Å². The summed E-state index contributed by atoms with van der Waals surface area (Å²) < 4.78 is 5.80. The molecule has 23 heavy (non-hydrogen) atoms. The van der Waals surface area contributed by atoms with Gasteiger partial charge in [0.15, 0.2) is 0 Å². The SMILES string of the molecule is CN(CC(=O)NCC1CCCCC1)Cc1cc2ccccc2o1. The normalized spacial score (nSPS) is 16.1. The Morgan fingerprint density at radius 3 is 2.83 bits per heavy atom. The van der Waals surface area contributed by atoms with Crippen LogP contribution in [0.15, 0.2) is 34.7 Å². The molecule has 1 heterocycles. The zero-order valence-electron chi connectivity index (χ0n) is 13.9. The lowest BCUT2D eigenvalue weighted by Crippen LogP contribution is -2.37. The zero-order chi connectivity index (χ0) is 16.1. The Hall–Kier alpha value is -1.81. The van der Waals surface area contributed by atoms with Gasteiger partial charge in [-0.05, 0) is 37.9 Å². The standard InChI is InChI=1S/C19H26N2O2/c1-21(13-17-11-16-9-5-6-10-18(16)23-17)14-19(22)20-12-15-7-3-2-4-8-15/h5-6,9-11,15H,2-4,7-8,12-14H2,1H3,(H,20,22). The summed E-state index contributed by atoms with van der Waals surface area (Å²) in [7, 11) is 1.95. The number of nitrogens with zero attached hydrogens (tertiary/aromatic N) is 1. The van der Waals surface area contributed by atoms with Crippen LogP contribution in [0, 0.1) is 5.92 Å². The van der Waals surface area contributed by atoms with E-state index in [0.717, 1.165) is 23.3 Å². The minimum atomic E-state index is 0.106. The van der Waals surface area contributed by atoms with Gasteiger partial charge in [-0.3, -0.25) is 9.69 Å². The molecule has 1 aliphatic carbocycles. The van der Waals surface area contributed by atoms with Crippen molar-refractivity contribution in [1.82, 2.24) is 10.2 Å². The summed E-state index contributed by atoms with van der Waals surface area (Å²) in [6.07, 6.45) is 6.49. The first-order valence-corrected chi connectivity index (χ1v) is 8.63. The van der Waals surface area contributed by atoms with E-state index in [9.17, 15) is 4.79 Å². The number of hydrogen-bond acceptors (Lipinski definition) is 3. The number of para-hydroxylation sites is 1. The number of hydrogen-bond donors (Lipinski definition) is 1. The van der Waals surface area contributed by atoms with Gasteiger partial charge in [-0.15, -0.1) is 0 Å². The van der Waals surface area contributed by atoms with Crippen molar-refractivity contribution in [1.29, 1.82) is 0 Å². The summed E-state index contributed by atoms with van der Waals surface area (Å²) in [5, 5.41) is 4.19. The van der Waals surface area contributed by atoms with Gasteiger partial charge in [0.1, 0.15) is 11.3 Å². The molecule has 1 aromatic carbocycles. The Balaban J connectivity index is 1.44. The van der Waals surface area contributed by atoms with Crippen LogP contribution < -0.4 is 5.32 Å². The van der Waals surface area contributed by atoms with E-state index in [2.05, 4.69) is 5.32 Å². The number of fused-ring (bicyclic) bond motifs is 1. The van der Waals surface area contributed by atoms with Gasteiger partial charge in [-0.1, -0.05) is 37.5 Å². The first-order valence-electron chi connectivity index (χ1n) is 8.63. The molecule has 0 aliphatic heterocycles.